The highest BCUT2D eigenvalue weighted by Gasteiger charge is 2.19. The van der Waals surface area contributed by atoms with Crippen LogP contribution < -0.4 is 0 Å². The number of phenolic OH excluding ortho intramolecular Hbond substituents is 1. The third-order valence-corrected chi connectivity index (χ3v) is 3.89. The van der Waals surface area contributed by atoms with E-state index in [1.807, 2.05) is 30.3 Å². The number of benzene rings is 2. The van der Waals surface area contributed by atoms with Crippen molar-refractivity contribution in [1.29, 1.82) is 0 Å². The first kappa shape index (κ1) is 16.1. The molecule has 5 heteroatoms. The molecule has 2 aromatic carbocycles. The fourth-order valence-corrected chi connectivity index (χ4v) is 2.70. The fraction of sp³-hybridized carbons (Fsp3) is 0.188. The van der Waals surface area contributed by atoms with Crippen LogP contribution in [-0.2, 0) is 6.54 Å². The van der Waals surface area contributed by atoms with E-state index in [-0.39, 0.29) is 11.7 Å². The molecule has 0 bridgehead atoms. The van der Waals surface area contributed by atoms with Crippen LogP contribution in [0.2, 0.25) is 0 Å². The van der Waals surface area contributed by atoms with Crippen LogP contribution in [0.3, 0.4) is 0 Å². The lowest BCUT2D eigenvalue weighted by Crippen LogP contribution is -2.32. The van der Waals surface area contributed by atoms with Crippen LogP contribution in [0, 0.1) is 3.57 Å². The quantitative estimate of drug-likeness (QED) is 0.595. The normalized spacial score (nSPS) is 10.4. The van der Waals surface area contributed by atoms with E-state index in [9.17, 15) is 9.90 Å². The Kier molecular flexibility index (Phi) is 5.87. The molecule has 0 atom stereocenters. The van der Waals surface area contributed by atoms with Crippen molar-refractivity contribution < 1.29 is 9.90 Å². The maximum Gasteiger partial charge on any atom is 0.257 e. The Labute approximate surface area is 142 Å². The molecule has 0 unspecified atom stereocenters. The summed E-state index contributed by atoms with van der Waals surface area (Å²) in [6.07, 6.45) is 0. The van der Waals surface area contributed by atoms with Gasteiger partial charge >= 0.3 is 0 Å². The lowest BCUT2D eigenvalue weighted by atomic mass is 10.1. The number of halogens is 2. The molecular weight excluding hydrogens is 401 g/mol. The highest BCUT2D eigenvalue weighted by atomic mass is 127. The summed E-state index contributed by atoms with van der Waals surface area (Å²) in [7, 11) is 0. The number of amides is 1. The molecule has 0 fully saturated rings. The number of nitrogens with zero attached hydrogens (tertiary/aromatic N) is 1. The molecule has 110 valence electrons. The van der Waals surface area contributed by atoms with Crippen LogP contribution in [0.25, 0.3) is 0 Å². The second kappa shape index (κ2) is 7.66. The van der Waals surface area contributed by atoms with Crippen molar-refractivity contribution >= 4 is 40.1 Å². The van der Waals surface area contributed by atoms with E-state index < -0.39 is 0 Å². The molecule has 0 aromatic heterocycles. The van der Waals surface area contributed by atoms with Gasteiger partial charge in [0.1, 0.15) is 5.75 Å². The van der Waals surface area contributed by atoms with Crippen LogP contribution in [-0.4, -0.2) is 28.3 Å². The Hall–Kier alpha value is -1.27. The predicted molar refractivity (Wildman–Crippen MR) is 92.7 cm³/mol. The summed E-state index contributed by atoms with van der Waals surface area (Å²) < 4.78 is 0.902. The molecule has 0 saturated carbocycles. The number of hydrogen-bond donors (Lipinski definition) is 1. The molecule has 3 nitrogen and oxygen atoms in total. The van der Waals surface area contributed by atoms with Crippen molar-refractivity contribution in [2.24, 2.45) is 0 Å². The summed E-state index contributed by atoms with van der Waals surface area (Å²) in [5, 5.41) is 9.90. The van der Waals surface area contributed by atoms with E-state index in [0.717, 1.165) is 9.13 Å². The van der Waals surface area contributed by atoms with Gasteiger partial charge in [-0.2, -0.15) is 0 Å². The Morgan fingerprint density at radius 3 is 2.57 bits per heavy atom. The minimum absolute atomic E-state index is 0.00644. The fourth-order valence-electron chi connectivity index (χ4n) is 2.01. The van der Waals surface area contributed by atoms with Gasteiger partial charge in [0.25, 0.3) is 5.91 Å². The van der Waals surface area contributed by atoms with Gasteiger partial charge < -0.3 is 10.0 Å². The zero-order chi connectivity index (χ0) is 15.2. The van der Waals surface area contributed by atoms with Gasteiger partial charge in [-0.3, -0.25) is 4.79 Å². The Morgan fingerprint density at radius 1 is 1.19 bits per heavy atom. The van der Waals surface area contributed by atoms with E-state index in [0.29, 0.717) is 24.5 Å². The molecule has 21 heavy (non-hydrogen) atoms. The van der Waals surface area contributed by atoms with Crippen molar-refractivity contribution in [3.05, 3.63) is 63.2 Å². The van der Waals surface area contributed by atoms with E-state index in [4.69, 9.17) is 11.6 Å². The molecule has 1 amide bonds. The second-order valence-electron chi connectivity index (χ2n) is 4.56. The van der Waals surface area contributed by atoms with Crippen molar-refractivity contribution in [2.45, 2.75) is 6.54 Å². The topological polar surface area (TPSA) is 40.5 Å². The minimum atomic E-state index is -0.212. The Balaban J connectivity index is 2.25. The highest BCUT2D eigenvalue weighted by Crippen LogP contribution is 2.22. The molecule has 0 radical (unpaired) electrons. The van der Waals surface area contributed by atoms with Gasteiger partial charge in [0.2, 0.25) is 0 Å². The zero-order valence-corrected chi connectivity index (χ0v) is 14.2. The van der Waals surface area contributed by atoms with Crippen LogP contribution in [0.5, 0.6) is 5.75 Å². The van der Waals surface area contributed by atoms with Crippen molar-refractivity contribution in [2.75, 3.05) is 12.4 Å². The lowest BCUT2D eigenvalue weighted by molar-refractivity contribution is 0.0750. The second-order valence-corrected chi connectivity index (χ2v) is 6.19. The van der Waals surface area contributed by atoms with Gasteiger partial charge in [0, 0.05) is 22.5 Å². The minimum Gasteiger partial charge on any atom is -0.507 e. The first-order valence-corrected chi connectivity index (χ1v) is 8.11. The monoisotopic (exact) mass is 415 g/mol. The Morgan fingerprint density at radius 2 is 1.90 bits per heavy atom. The van der Waals surface area contributed by atoms with E-state index in [2.05, 4.69) is 22.6 Å². The van der Waals surface area contributed by atoms with Crippen molar-refractivity contribution in [3.8, 4) is 5.75 Å². The molecule has 1 N–H and O–H groups in total. The molecule has 2 aromatic rings. The van der Waals surface area contributed by atoms with Crippen LogP contribution in [0.4, 0.5) is 0 Å². The number of hydrogen-bond acceptors (Lipinski definition) is 2. The average molecular weight is 416 g/mol. The molecule has 0 aliphatic rings. The van der Waals surface area contributed by atoms with E-state index in [1.54, 1.807) is 17.0 Å². The summed E-state index contributed by atoms with van der Waals surface area (Å²) in [6, 6.07) is 14.7. The lowest BCUT2D eigenvalue weighted by Gasteiger charge is -2.22. The maximum absolute atomic E-state index is 12.6. The molecule has 0 spiro atoms. The molecule has 2 rings (SSSR count). The molecule has 0 aliphatic heterocycles. The van der Waals surface area contributed by atoms with Crippen molar-refractivity contribution in [3.63, 3.8) is 0 Å². The number of alkyl halides is 1. The molecule has 0 heterocycles. The standard InChI is InChI=1S/C16H15ClINO2/c17-8-9-19(11-12-4-2-1-3-5-12)16(21)14-10-13(18)6-7-15(14)20/h1-7,10,20H,8-9,11H2. The number of phenols is 1. The van der Waals surface area contributed by atoms with E-state index >= 15 is 0 Å². The number of carbonyl (C=O) groups is 1. The first-order chi connectivity index (χ1) is 10.1. The number of rotatable bonds is 5. The van der Waals surface area contributed by atoms with E-state index in [1.165, 1.54) is 6.07 Å². The van der Waals surface area contributed by atoms with Crippen molar-refractivity contribution in [1.82, 2.24) is 4.90 Å². The van der Waals surface area contributed by atoms with Gasteiger partial charge in [-0.05, 0) is 46.4 Å². The summed E-state index contributed by atoms with van der Waals surface area (Å²) in [5.74, 6) is 0.132. The summed E-state index contributed by atoms with van der Waals surface area (Å²) in [6.45, 7) is 0.900. The van der Waals surface area contributed by atoms with Gasteiger partial charge in [0.05, 0.1) is 5.56 Å². The summed E-state index contributed by atoms with van der Waals surface area (Å²) in [4.78, 5) is 14.3. The predicted octanol–water partition coefficient (Wildman–Crippen LogP) is 3.88. The van der Waals surface area contributed by atoms with Gasteiger partial charge in [-0.15, -0.1) is 11.6 Å². The van der Waals surface area contributed by atoms with Gasteiger partial charge in [-0.1, -0.05) is 30.3 Å². The number of carbonyl (C=O) groups excluding carboxylic acids is 1. The maximum atomic E-state index is 12.6. The van der Waals surface area contributed by atoms with Gasteiger partial charge in [-0.25, -0.2) is 0 Å². The largest absolute Gasteiger partial charge is 0.507 e. The molecule has 0 saturated heterocycles. The number of aromatic hydroxyl groups is 1. The summed E-state index contributed by atoms with van der Waals surface area (Å²) >= 11 is 7.92. The van der Waals surface area contributed by atoms with Gasteiger partial charge in [0.15, 0.2) is 0 Å². The third-order valence-electron chi connectivity index (χ3n) is 3.05. The molecular formula is C16H15ClINO2. The van der Waals surface area contributed by atoms with Crippen LogP contribution in [0.1, 0.15) is 15.9 Å². The average Bonchev–Trinajstić information content (AvgIpc) is 2.49. The summed E-state index contributed by atoms with van der Waals surface area (Å²) in [5.41, 5.74) is 1.34. The molecule has 0 aliphatic carbocycles. The highest BCUT2D eigenvalue weighted by molar-refractivity contribution is 14.1. The smallest absolute Gasteiger partial charge is 0.257 e. The van der Waals surface area contributed by atoms with Crippen LogP contribution in [0.15, 0.2) is 48.5 Å². The first-order valence-electron chi connectivity index (χ1n) is 6.49. The zero-order valence-electron chi connectivity index (χ0n) is 11.3. The Bertz CT molecular complexity index is 619. The van der Waals surface area contributed by atoms with Crippen LogP contribution >= 0.6 is 34.2 Å². The SMILES string of the molecule is O=C(c1cc(I)ccc1O)N(CCCl)Cc1ccccc1. The third kappa shape index (κ3) is 4.35.